The van der Waals surface area contributed by atoms with Crippen molar-refractivity contribution in [3.8, 4) is 0 Å². The Morgan fingerprint density at radius 3 is 1.87 bits per heavy atom. The summed E-state index contributed by atoms with van der Waals surface area (Å²) >= 11 is 0. The van der Waals surface area contributed by atoms with Crippen LogP contribution >= 0.6 is 15.7 Å². The molecule has 0 saturated carbocycles. The molecule has 7 nitrogen and oxygen atoms in total. The molecule has 5 rings (SSSR count). The van der Waals surface area contributed by atoms with Gasteiger partial charge in [0.15, 0.2) is 0 Å². The van der Waals surface area contributed by atoms with E-state index >= 15 is 0 Å². The Hall–Kier alpha value is -1.36. The normalized spacial score (nSPS) is 24.6. The second-order valence-corrected chi connectivity index (χ2v) is 15.1. The molecule has 0 aliphatic carbocycles. The van der Waals surface area contributed by atoms with Gasteiger partial charge in [-0.1, -0.05) is 46.4 Å². The maximum absolute atomic E-state index is 11.1. The zero-order chi connectivity index (χ0) is 27.7. The number of hydrogen-bond acceptors (Lipinski definition) is 6. The second-order valence-electron chi connectivity index (χ2n) is 10.0. The number of benzene rings is 1. The summed E-state index contributed by atoms with van der Waals surface area (Å²) in [6, 6.07) is 10.7. The zero-order valence-electron chi connectivity index (χ0n) is 21.4. The summed E-state index contributed by atoms with van der Waals surface area (Å²) in [5.41, 5.74) is 2.34. The molecule has 2 unspecified atom stereocenters. The summed E-state index contributed by atoms with van der Waals surface area (Å²) in [6.45, 7) is 7.49. The van der Waals surface area contributed by atoms with Crippen LogP contribution in [-0.2, 0) is 0 Å². The van der Waals surface area contributed by atoms with Crippen LogP contribution in [0.5, 0.6) is 0 Å². The number of aliphatic hydroxyl groups is 1. The van der Waals surface area contributed by atoms with E-state index in [1.54, 1.807) is 0 Å². The Kier molecular flexibility index (Phi) is 8.23. The molecule has 0 radical (unpaired) electrons. The van der Waals surface area contributed by atoms with Crippen LogP contribution in [0.3, 0.4) is 0 Å². The van der Waals surface area contributed by atoms with E-state index in [1.807, 2.05) is 0 Å². The van der Waals surface area contributed by atoms with E-state index in [1.165, 1.54) is 31.2 Å². The van der Waals surface area contributed by atoms with Crippen LogP contribution in [-0.4, -0.2) is 72.8 Å². The number of hydrogen-bond donors (Lipinski definition) is 1. The van der Waals surface area contributed by atoms with E-state index in [-0.39, 0.29) is 5.92 Å². The first-order valence-corrected chi connectivity index (χ1v) is 16.7. The Labute approximate surface area is 219 Å². The molecule has 15 heteroatoms. The standard InChI is InChI=1S/C23H36N6OP.F6P/c1-2-21(20-11-4-3-5-12-20)22-19-29(25-24-22)31(26-14-6-7-15-26,27-16-8-9-17-27)28-18-10-13-23(28)30;1-7(2,3,4,5)6/h3-5,11-12,19,21,23,30H,2,6-10,13-18H2,1H3;/q+1;-1. The molecule has 2 aromatic rings. The molecule has 1 N–H and O–H groups in total. The molecule has 1 aromatic carbocycles. The third-order valence-electron chi connectivity index (χ3n) is 7.20. The molecule has 216 valence electrons. The van der Waals surface area contributed by atoms with Gasteiger partial charge in [0.05, 0.1) is 11.9 Å². The molecule has 0 bridgehead atoms. The van der Waals surface area contributed by atoms with Crippen LogP contribution in [0.25, 0.3) is 0 Å². The van der Waals surface area contributed by atoms with E-state index in [4.69, 9.17) is 10.3 Å². The molecular weight excluding hydrogens is 552 g/mol. The van der Waals surface area contributed by atoms with E-state index in [0.29, 0.717) is 0 Å². The van der Waals surface area contributed by atoms with Gasteiger partial charge in [-0.25, -0.2) is 0 Å². The van der Waals surface area contributed by atoms with Gasteiger partial charge in [0.25, 0.3) is 0 Å². The Bertz CT molecular complexity index is 1030. The van der Waals surface area contributed by atoms with Gasteiger partial charge in [-0.15, -0.1) is 14.4 Å². The fourth-order valence-electron chi connectivity index (χ4n) is 5.72. The summed E-state index contributed by atoms with van der Waals surface area (Å²) in [6.07, 6.45) is 9.62. The number of rotatable bonds is 7. The topological polar surface area (TPSA) is 60.7 Å². The predicted octanol–water partition coefficient (Wildman–Crippen LogP) is 7.33. The molecule has 38 heavy (non-hydrogen) atoms. The first kappa shape index (κ1) is 29.6. The first-order chi connectivity index (χ1) is 17.7. The maximum atomic E-state index is 11.1. The van der Waals surface area contributed by atoms with Crippen LogP contribution in [0.2, 0.25) is 0 Å². The van der Waals surface area contributed by atoms with Crippen molar-refractivity contribution in [3.05, 3.63) is 47.8 Å². The van der Waals surface area contributed by atoms with Crippen LogP contribution in [0.1, 0.15) is 69.0 Å². The minimum atomic E-state index is -10.7. The molecule has 0 amide bonds. The summed E-state index contributed by atoms with van der Waals surface area (Å²) < 4.78 is 69.1. The fourth-order valence-corrected chi connectivity index (χ4v) is 10.4. The molecule has 4 heterocycles. The molecule has 3 aliphatic heterocycles. The average molecular weight is 589 g/mol. The molecule has 3 saturated heterocycles. The van der Waals surface area contributed by atoms with Crippen molar-refractivity contribution in [2.45, 2.75) is 64.0 Å². The summed E-state index contributed by atoms with van der Waals surface area (Å²) in [5.74, 6) is 0.248. The van der Waals surface area contributed by atoms with Crippen molar-refractivity contribution in [2.24, 2.45) is 0 Å². The Morgan fingerprint density at radius 2 is 1.42 bits per heavy atom. The average Bonchev–Trinajstić information content (AvgIpc) is 3.64. The van der Waals surface area contributed by atoms with Gasteiger partial charge in [-0.2, -0.15) is 0 Å². The van der Waals surface area contributed by atoms with Gasteiger partial charge < -0.3 is 5.11 Å². The second kappa shape index (κ2) is 10.6. The molecule has 0 spiro atoms. The van der Waals surface area contributed by atoms with Crippen LogP contribution in [0, 0.1) is 0 Å². The Balaban J connectivity index is 0.000000426. The molecule has 2 atom stereocenters. The number of aromatic nitrogens is 3. The van der Waals surface area contributed by atoms with E-state index in [0.717, 1.165) is 57.7 Å². The van der Waals surface area contributed by atoms with Crippen molar-refractivity contribution in [1.29, 1.82) is 0 Å². The summed E-state index contributed by atoms with van der Waals surface area (Å²) in [7, 11) is -12.8. The predicted molar refractivity (Wildman–Crippen MR) is 138 cm³/mol. The van der Waals surface area contributed by atoms with Crippen molar-refractivity contribution >= 4 is 15.7 Å². The van der Waals surface area contributed by atoms with E-state index in [2.05, 4.69) is 61.9 Å². The van der Waals surface area contributed by atoms with Crippen molar-refractivity contribution in [2.75, 3.05) is 32.7 Å². The van der Waals surface area contributed by atoms with Crippen LogP contribution in [0.15, 0.2) is 36.5 Å². The quantitative estimate of drug-likeness (QED) is 0.270. The van der Waals surface area contributed by atoms with Crippen LogP contribution < -0.4 is 0 Å². The van der Waals surface area contributed by atoms with Crippen molar-refractivity contribution in [3.63, 3.8) is 0 Å². The van der Waals surface area contributed by atoms with Gasteiger partial charge in [-0.05, 0) is 55.7 Å². The van der Waals surface area contributed by atoms with Crippen molar-refractivity contribution < 1.29 is 30.3 Å². The van der Waals surface area contributed by atoms with Gasteiger partial charge in [-0.3, -0.25) is 0 Å². The third kappa shape index (κ3) is 7.23. The minimum absolute atomic E-state index is 0.248. The summed E-state index contributed by atoms with van der Waals surface area (Å²) in [5, 5.41) is 20.7. The summed E-state index contributed by atoms with van der Waals surface area (Å²) in [4.78, 5) is 0. The van der Waals surface area contributed by atoms with Gasteiger partial charge in [0.1, 0.15) is 6.23 Å². The fraction of sp³-hybridized carbons (Fsp3) is 0.652. The number of nitrogens with zero attached hydrogens (tertiary/aromatic N) is 6. The zero-order valence-corrected chi connectivity index (χ0v) is 23.2. The van der Waals surface area contributed by atoms with Gasteiger partial charge >= 0.3 is 40.9 Å². The van der Waals surface area contributed by atoms with E-state index < -0.39 is 21.9 Å². The monoisotopic (exact) mass is 588 g/mol. The van der Waals surface area contributed by atoms with Gasteiger partial charge in [0.2, 0.25) is 0 Å². The molecular formula is C23H36F6N6OP2. The molecule has 3 aliphatic rings. The first-order valence-electron chi connectivity index (χ1n) is 13.1. The third-order valence-corrected chi connectivity index (χ3v) is 11.4. The number of halogens is 6. The van der Waals surface area contributed by atoms with E-state index in [9.17, 15) is 30.3 Å². The SMILES string of the molecule is CCC(c1ccccc1)c1cn([P+](N2CCCC2)(N2CCCC2)N2CCCC2O)nn1.F[P-](F)(F)(F)(F)F. The number of aliphatic hydroxyl groups excluding tert-OH is 1. The van der Waals surface area contributed by atoms with Gasteiger partial charge in [0, 0.05) is 38.6 Å². The van der Waals surface area contributed by atoms with Crippen LogP contribution in [0.4, 0.5) is 25.2 Å². The Morgan fingerprint density at radius 1 is 0.895 bits per heavy atom. The van der Waals surface area contributed by atoms with Crippen molar-refractivity contribution in [1.82, 2.24) is 28.8 Å². The molecule has 3 fully saturated rings. The molecule has 1 aromatic heterocycles.